The summed E-state index contributed by atoms with van der Waals surface area (Å²) >= 11 is 0. The van der Waals surface area contributed by atoms with Crippen molar-refractivity contribution in [3.8, 4) is 5.75 Å². The van der Waals surface area contributed by atoms with Crippen molar-refractivity contribution in [2.24, 2.45) is 5.92 Å². The number of ether oxygens (including phenoxy) is 1. The van der Waals surface area contributed by atoms with Gasteiger partial charge in [0.25, 0.3) is 5.91 Å². The molecule has 180 valence electrons. The van der Waals surface area contributed by atoms with E-state index < -0.39 is 5.97 Å². The summed E-state index contributed by atoms with van der Waals surface area (Å²) in [7, 11) is 1.64. The highest BCUT2D eigenvalue weighted by atomic mass is 19.1. The Morgan fingerprint density at radius 1 is 1.03 bits per heavy atom. The fourth-order valence-corrected chi connectivity index (χ4v) is 5.05. The number of carboxylic acid groups (broad SMARTS) is 1. The molecule has 1 aromatic heterocycles. The number of hydrogen-bond donors (Lipinski definition) is 2. The Bertz CT molecular complexity index is 1420. The summed E-state index contributed by atoms with van der Waals surface area (Å²) in [6.45, 7) is 0.485. The van der Waals surface area contributed by atoms with Crippen molar-refractivity contribution in [2.45, 2.75) is 38.3 Å². The number of rotatable bonds is 6. The third-order valence-electron chi connectivity index (χ3n) is 6.99. The van der Waals surface area contributed by atoms with Crippen LogP contribution in [0.15, 0.2) is 60.8 Å². The average molecular weight is 475 g/mol. The topological polar surface area (TPSA) is 80.6 Å². The first-order valence-corrected chi connectivity index (χ1v) is 11.8. The molecule has 0 spiro atoms. The van der Waals surface area contributed by atoms with Crippen LogP contribution in [0.25, 0.3) is 21.7 Å². The van der Waals surface area contributed by atoms with Crippen LogP contribution in [0.2, 0.25) is 0 Å². The molecule has 1 aliphatic carbocycles. The summed E-state index contributed by atoms with van der Waals surface area (Å²) in [5.41, 5.74) is 2.00. The number of methoxy groups -OCH3 is 1. The van der Waals surface area contributed by atoms with Crippen LogP contribution in [0.1, 0.15) is 41.6 Å². The molecule has 2 N–H and O–H groups in total. The first kappa shape index (κ1) is 22.9. The second-order valence-corrected chi connectivity index (χ2v) is 9.21. The number of fused-ring (bicyclic) bond motifs is 2. The van der Waals surface area contributed by atoms with E-state index in [1.54, 1.807) is 19.4 Å². The van der Waals surface area contributed by atoms with Crippen molar-refractivity contribution in [3.05, 3.63) is 77.7 Å². The highest BCUT2D eigenvalue weighted by molar-refractivity contribution is 6.06. The van der Waals surface area contributed by atoms with Crippen LogP contribution in [0.5, 0.6) is 5.75 Å². The lowest BCUT2D eigenvalue weighted by Gasteiger charge is -2.27. The van der Waals surface area contributed by atoms with E-state index in [0.29, 0.717) is 48.7 Å². The predicted molar refractivity (Wildman–Crippen MR) is 132 cm³/mol. The Morgan fingerprint density at radius 3 is 2.51 bits per heavy atom. The van der Waals surface area contributed by atoms with Gasteiger partial charge in [-0.2, -0.15) is 0 Å². The molecule has 0 radical (unpaired) electrons. The van der Waals surface area contributed by atoms with Crippen LogP contribution < -0.4 is 10.1 Å². The number of nitrogens with one attached hydrogen (secondary N) is 1. The van der Waals surface area contributed by atoms with Gasteiger partial charge in [-0.15, -0.1) is 0 Å². The summed E-state index contributed by atoms with van der Waals surface area (Å²) in [4.78, 5) is 24.4. The Morgan fingerprint density at radius 2 is 1.77 bits per heavy atom. The lowest BCUT2D eigenvalue weighted by atomic mass is 9.86. The van der Waals surface area contributed by atoms with E-state index in [1.807, 2.05) is 34.9 Å². The summed E-state index contributed by atoms with van der Waals surface area (Å²) in [5, 5.41) is 14.8. The third-order valence-corrected chi connectivity index (χ3v) is 6.99. The van der Waals surface area contributed by atoms with E-state index in [-0.39, 0.29) is 23.7 Å². The zero-order valence-electron chi connectivity index (χ0n) is 19.5. The van der Waals surface area contributed by atoms with Crippen molar-refractivity contribution in [1.82, 2.24) is 9.88 Å². The van der Waals surface area contributed by atoms with Crippen LogP contribution >= 0.6 is 0 Å². The molecular formula is C28H27FN2O4. The number of amides is 1. The van der Waals surface area contributed by atoms with Crippen molar-refractivity contribution in [2.75, 3.05) is 7.11 Å². The highest BCUT2D eigenvalue weighted by Gasteiger charge is 2.27. The number of carbonyl (C=O) groups excluding carboxylic acids is 1. The third kappa shape index (κ3) is 4.58. The second-order valence-electron chi connectivity index (χ2n) is 9.21. The normalized spacial score (nSPS) is 18.0. The molecule has 7 heteroatoms. The largest absolute Gasteiger partial charge is 0.497 e. The van der Waals surface area contributed by atoms with Gasteiger partial charge < -0.3 is 19.7 Å². The van der Waals surface area contributed by atoms with E-state index in [2.05, 4.69) is 11.4 Å². The quantitative estimate of drug-likeness (QED) is 0.394. The predicted octanol–water partition coefficient (Wildman–Crippen LogP) is 5.36. The minimum Gasteiger partial charge on any atom is -0.497 e. The molecule has 0 saturated heterocycles. The molecule has 1 fully saturated rings. The van der Waals surface area contributed by atoms with Gasteiger partial charge in [0.05, 0.1) is 24.1 Å². The minimum atomic E-state index is -0.777. The fourth-order valence-electron chi connectivity index (χ4n) is 5.05. The Labute approximate surface area is 202 Å². The van der Waals surface area contributed by atoms with E-state index >= 15 is 0 Å². The van der Waals surface area contributed by atoms with Crippen molar-refractivity contribution in [3.63, 3.8) is 0 Å². The number of carbonyl (C=O) groups is 2. The Hall–Kier alpha value is -3.87. The minimum absolute atomic E-state index is 0.0842. The molecule has 1 saturated carbocycles. The maximum Gasteiger partial charge on any atom is 0.306 e. The first-order valence-electron chi connectivity index (χ1n) is 11.8. The van der Waals surface area contributed by atoms with Crippen LogP contribution in [-0.2, 0) is 11.3 Å². The van der Waals surface area contributed by atoms with Crippen LogP contribution in [0.3, 0.4) is 0 Å². The highest BCUT2D eigenvalue weighted by Crippen LogP contribution is 2.28. The van der Waals surface area contributed by atoms with Crippen molar-refractivity contribution < 1.29 is 23.8 Å². The van der Waals surface area contributed by atoms with E-state index in [4.69, 9.17) is 4.74 Å². The van der Waals surface area contributed by atoms with E-state index in [0.717, 1.165) is 22.1 Å². The van der Waals surface area contributed by atoms with Crippen LogP contribution in [0, 0.1) is 11.7 Å². The SMILES string of the molecule is COc1ccc2cc(Cn3ccc4c(F)ccc(C(=O)NC5CCC(C(=O)O)CC5)c43)ccc2c1. The van der Waals surface area contributed by atoms with Gasteiger partial charge in [0.1, 0.15) is 11.6 Å². The lowest BCUT2D eigenvalue weighted by molar-refractivity contribution is -0.142. The lowest BCUT2D eigenvalue weighted by Crippen LogP contribution is -2.38. The molecule has 6 nitrogen and oxygen atoms in total. The first-order chi connectivity index (χ1) is 16.9. The smallest absolute Gasteiger partial charge is 0.306 e. The number of nitrogens with zero attached hydrogens (tertiary/aromatic N) is 1. The van der Waals surface area contributed by atoms with Gasteiger partial charge in [-0.3, -0.25) is 9.59 Å². The molecule has 1 aliphatic rings. The zero-order chi connectivity index (χ0) is 24.5. The number of aromatic nitrogens is 1. The van der Waals surface area contributed by atoms with Gasteiger partial charge in [0.2, 0.25) is 0 Å². The maximum atomic E-state index is 14.6. The average Bonchev–Trinajstić information content (AvgIpc) is 3.28. The maximum absolute atomic E-state index is 14.6. The molecule has 5 rings (SSSR count). The summed E-state index contributed by atoms with van der Waals surface area (Å²) in [6.07, 6.45) is 4.14. The van der Waals surface area contributed by atoms with Crippen molar-refractivity contribution >= 4 is 33.6 Å². The van der Waals surface area contributed by atoms with Gasteiger partial charge in [-0.1, -0.05) is 18.2 Å². The van der Waals surface area contributed by atoms with Gasteiger partial charge in [-0.05, 0) is 78.4 Å². The number of aliphatic carboxylic acids is 1. The molecule has 0 aliphatic heterocycles. The molecule has 3 aromatic carbocycles. The number of halogens is 1. The Kier molecular flexibility index (Phi) is 6.16. The monoisotopic (exact) mass is 474 g/mol. The number of carboxylic acids is 1. The Balaban J connectivity index is 1.41. The van der Waals surface area contributed by atoms with Gasteiger partial charge in [-0.25, -0.2) is 4.39 Å². The molecule has 4 aromatic rings. The second kappa shape index (κ2) is 9.41. The molecule has 0 bridgehead atoms. The molecule has 0 unspecified atom stereocenters. The number of hydrogen-bond acceptors (Lipinski definition) is 3. The van der Waals surface area contributed by atoms with Gasteiger partial charge >= 0.3 is 5.97 Å². The molecular weight excluding hydrogens is 447 g/mol. The summed E-state index contributed by atoms with van der Waals surface area (Å²) in [5.74, 6) is -0.965. The molecule has 1 heterocycles. The summed E-state index contributed by atoms with van der Waals surface area (Å²) < 4.78 is 21.8. The van der Waals surface area contributed by atoms with Crippen LogP contribution in [0.4, 0.5) is 4.39 Å². The molecule has 35 heavy (non-hydrogen) atoms. The summed E-state index contributed by atoms with van der Waals surface area (Å²) in [6, 6.07) is 16.5. The molecule has 0 atom stereocenters. The van der Waals surface area contributed by atoms with E-state index in [1.165, 1.54) is 12.1 Å². The van der Waals surface area contributed by atoms with Gasteiger partial charge in [0, 0.05) is 24.2 Å². The standard InChI is InChI=1S/C28H27FN2O4/c1-35-22-9-6-19-14-17(2-3-20(19)15-22)16-31-13-12-23-25(29)11-10-24(26(23)31)27(32)30-21-7-4-18(5-8-21)28(33)34/h2-3,6,9-15,18,21H,4-5,7-8,16H2,1H3,(H,30,32)(H,33,34). The van der Waals surface area contributed by atoms with Crippen molar-refractivity contribution in [1.29, 1.82) is 0 Å². The fraction of sp³-hybridized carbons (Fsp3) is 0.286. The van der Waals surface area contributed by atoms with Crippen LogP contribution in [-0.4, -0.2) is 34.7 Å². The van der Waals surface area contributed by atoms with E-state index in [9.17, 15) is 19.1 Å². The zero-order valence-corrected chi connectivity index (χ0v) is 19.5. The van der Waals surface area contributed by atoms with Gasteiger partial charge in [0.15, 0.2) is 0 Å². The molecule has 1 amide bonds. The number of benzene rings is 3.